The van der Waals surface area contributed by atoms with Crippen LogP contribution in [0.15, 0.2) is 18.2 Å². The lowest BCUT2D eigenvalue weighted by atomic mass is 9.91. The summed E-state index contributed by atoms with van der Waals surface area (Å²) in [6.45, 7) is 6.48. The summed E-state index contributed by atoms with van der Waals surface area (Å²) in [7, 11) is 0. The zero-order valence-corrected chi connectivity index (χ0v) is 11.8. The van der Waals surface area contributed by atoms with Crippen molar-refractivity contribution < 1.29 is 13.9 Å². The molecule has 1 aromatic carbocycles. The van der Waals surface area contributed by atoms with E-state index in [0.29, 0.717) is 13.1 Å². The second-order valence-electron chi connectivity index (χ2n) is 5.93. The van der Waals surface area contributed by atoms with Gasteiger partial charge in [-0.15, -0.1) is 0 Å². The monoisotopic (exact) mass is 276 g/mol. The van der Waals surface area contributed by atoms with E-state index in [-0.39, 0.29) is 17.6 Å². The molecule has 20 heavy (non-hydrogen) atoms. The maximum Gasteiger partial charge on any atom is 0.410 e. The van der Waals surface area contributed by atoms with Crippen LogP contribution in [0.3, 0.4) is 0 Å². The standard InChI is InChI=1S/C15H17FN2O2/c1-15(2,3)20-14(19)18-8-12(9-18)10-4-5-11(7-17)13(16)6-10/h4-6,12H,8-9H2,1-3H3. The number of nitriles is 1. The first-order valence-electron chi connectivity index (χ1n) is 6.47. The Bertz CT molecular complexity index is 566. The Kier molecular flexibility index (Phi) is 3.67. The van der Waals surface area contributed by atoms with E-state index in [9.17, 15) is 9.18 Å². The Balaban J connectivity index is 1.95. The van der Waals surface area contributed by atoms with Gasteiger partial charge in [-0.1, -0.05) is 6.07 Å². The van der Waals surface area contributed by atoms with Crippen LogP contribution in [-0.4, -0.2) is 29.7 Å². The predicted octanol–water partition coefficient (Wildman–Crippen LogP) is 3.03. The number of hydrogen-bond donors (Lipinski definition) is 0. The molecular weight excluding hydrogens is 259 g/mol. The summed E-state index contributed by atoms with van der Waals surface area (Å²) in [6.07, 6.45) is -0.345. The van der Waals surface area contributed by atoms with E-state index in [2.05, 4.69) is 0 Å². The van der Waals surface area contributed by atoms with Crippen LogP contribution >= 0.6 is 0 Å². The van der Waals surface area contributed by atoms with Crippen molar-refractivity contribution in [1.82, 2.24) is 4.90 Å². The zero-order chi connectivity index (χ0) is 14.9. The van der Waals surface area contributed by atoms with Crippen molar-refractivity contribution >= 4 is 6.09 Å². The quantitative estimate of drug-likeness (QED) is 0.792. The summed E-state index contributed by atoms with van der Waals surface area (Å²) in [4.78, 5) is 13.4. The average Bonchev–Trinajstić information content (AvgIpc) is 2.24. The summed E-state index contributed by atoms with van der Waals surface area (Å²) < 4.78 is 18.8. The minimum atomic E-state index is -0.513. The van der Waals surface area contributed by atoms with Crippen LogP contribution in [0.1, 0.15) is 37.8 Å². The highest BCUT2D eigenvalue weighted by Gasteiger charge is 2.34. The maximum atomic E-state index is 13.5. The number of amides is 1. The van der Waals surface area contributed by atoms with E-state index in [4.69, 9.17) is 10.00 Å². The lowest BCUT2D eigenvalue weighted by molar-refractivity contribution is 0.00818. The van der Waals surface area contributed by atoms with Crippen LogP contribution in [0.2, 0.25) is 0 Å². The fraction of sp³-hybridized carbons (Fsp3) is 0.467. The molecule has 0 aliphatic carbocycles. The number of halogens is 1. The van der Waals surface area contributed by atoms with Gasteiger partial charge in [-0.2, -0.15) is 5.26 Å². The van der Waals surface area contributed by atoms with Crippen molar-refractivity contribution in [2.45, 2.75) is 32.3 Å². The summed E-state index contributed by atoms with van der Waals surface area (Å²) in [5, 5.41) is 8.68. The fourth-order valence-electron chi connectivity index (χ4n) is 2.04. The fourth-order valence-corrected chi connectivity index (χ4v) is 2.04. The number of hydrogen-bond acceptors (Lipinski definition) is 3. The molecule has 1 aliphatic heterocycles. The van der Waals surface area contributed by atoms with Crippen molar-refractivity contribution in [1.29, 1.82) is 5.26 Å². The van der Waals surface area contributed by atoms with E-state index in [1.807, 2.05) is 20.8 Å². The lowest BCUT2D eigenvalue weighted by Crippen LogP contribution is -2.50. The van der Waals surface area contributed by atoms with Gasteiger partial charge in [-0.3, -0.25) is 0 Å². The van der Waals surface area contributed by atoms with E-state index >= 15 is 0 Å². The number of likely N-dealkylation sites (tertiary alicyclic amines) is 1. The molecule has 1 saturated heterocycles. The van der Waals surface area contributed by atoms with Gasteiger partial charge in [0.25, 0.3) is 0 Å². The van der Waals surface area contributed by atoms with Gasteiger partial charge in [0.1, 0.15) is 17.5 Å². The molecule has 5 heteroatoms. The number of carbonyl (C=O) groups excluding carboxylic acids is 1. The molecule has 0 bridgehead atoms. The first-order valence-corrected chi connectivity index (χ1v) is 6.47. The molecule has 1 amide bonds. The highest BCUT2D eigenvalue weighted by atomic mass is 19.1. The number of carbonyl (C=O) groups is 1. The van der Waals surface area contributed by atoms with Crippen LogP contribution in [0.4, 0.5) is 9.18 Å². The smallest absolute Gasteiger partial charge is 0.410 e. The van der Waals surface area contributed by atoms with Crippen LogP contribution in [0, 0.1) is 17.1 Å². The van der Waals surface area contributed by atoms with E-state index < -0.39 is 11.4 Å². The second-order valence-corrected chi connectivity index (χ2v) is 5.93. The van der Waals surface area contributed by atoms with Crippen molar-refractivity contribution in [3.8, 4) is 6.07 Å². The Morgan fingerprint density at radius 2 is 2.10 bits per heavy atom. The van der Waals surface area contributed by atoms with E-state index in [1.165, 1.54) is 12.1 Å². The lowest BCUT2D eigenvalue weighted by Gasteiger charge is -2.40. The van der Waals surface area contributed by atoms with Crippen LogP contribution < -0.4 is 0 Å². The molecule has 0 atom stereocenters. The molecule has 1 fully saturated rings. The third-order valence-electron chi connectivity index (χ3n) is 3.12. The molecule has 1 aromatic rings. The Hall–Kier alpha value is -2.09. The van der Waals surface area contributed by atoms with Crippen molar-refractivity contribution in [3.63, 3.8) is 0 Å². The highest BCUT2D eigenvalue weighted by molar-refractivity contribution is 5.69. The molecule has 2 rings (SSSR count). The summed E-state index contributed by atoms with van der Waals surface area (Å²) in [5.41, 5.74) is 0.335. The van der Waals surface area contributed by atoms with Gasteiger partial charge in [0.05, 0.1) is 5.56 Å². The molecule has 106 valence electrons. The largest absolute Gasteiger partial charge is 0.444 e. The summed E-state index contributed by atoms with van der Waals surface area (Å²) >= 11 is 0. The van der Waals surface area contributed by atoms with Crippen LogP contribution in [0.25, 0.3) is 0 Å². The zero-order valence-electron chi connectivity index (χ0n) is 11.8. The number of benzene rings is 1. The third kappa shape index (κ3) is 3.08. The first kappa shape index (κ1) is 14.3. The number of nitrogens with zero attached hydrogens (tertiary/aromatic N) is 2. The van der Waals surface area contributed by atoms with Gasteiger partial charge in [-0.05, 0) is 38.5 Å². The highest BCUT2D eigenvalue weighted by Crippen LogP contribution is 2.29. The van der Waals surface area contributed by atoms with Gasteiger partial charge in [0, 0.05) is 19.0 Å². The molecule has 0 unspecified atom stereocenters. The first-order chi connectivity index (χ1) is 9.30. The van der Waals surface area contributed by atoms with Crippen molar-refractivity contribution in [2.24, 2.45) is 0 Å². The number of ether oxygens (including phenoxy) is 1. The molecule has 4 nitrogen and oxygen atoms in total. The molecule has 1 aliphatic rings. The third-order valence-corrected chi connectivity index (χ3v) is 3.12. The Morgan fingerprint density at radius 3 is 2.60 bits per heavy atom. The molecule has 0 aromatic heterocycles. The van der Waals surface area contributed by atoms with Crippen LogP contribution in [0.5, 0.6) is 0 Å². The van der Waals surface area contributed by atoms with Crippen LogP contribution in [-0.2, 0) is 4.74 Å². The van der Waals surface area contributed by atoms with Crippen molar-refractivity contribution in [2.75, 3.05) is 13.1 Å². The molecule has 1 heterocycles. The maximum absolute atomic E-state index is 13.5. The average molecular weight is 276 g/mol. The SMILES string of the molecule is CC(C)(C)OC(=O)N1CC(c2ccc(C#N)c(F)c2)C1. The minimum absolute atomic E-state index is 0.0390. The summed E-state index contributed by atoms with van der Waals surface area (Å²) in [5.74, 6) is -0.412. The second kappa shape index (κ2) is 5.12. The van der Waals surface area contributed by atoms with E-state index in [0.717, 1.165) is 5.56 Å². The minimum Gasteiger partial charge on any atom is -0.444 e. The Morgan fingerprint density at radius 1 is 1.45 bits per heavy atom. The van der Waals surface area contributed by atoms with Gasteiger partial charge in [-0.25, -0.2) is 9.18 Å². The molecule has 0 radical (unpaired) electrons. The summed E-state index contributed by atoms with van der Waals surface area (Å²) in [6, 6.07) is 6.37. The van der Waals surface area contributed by atoms with E-state index in [1.54, 1.807) is 17.0 Å². The van der Waals surface area contributed by atoms with Gasteiger partial charge in [0.15, 0.2) is 0 Å². The topological polar surface area (TPSA) is 53.3 Å². The van der Waals surface area contributed by atoms with Crippen molar-refractivity contribution in [3.05, 3.63) is 35.1 Å². The van der Waals surface area contributed by atoms with Gasteiger partial charge in [0.2, 0.25) is 0 Å². The predicted molar refractivity (Wildman–Crippen MR) is 71.7 cm³/mol. The number of rotatable bonds is 1. The normalized spacial score (nSPS) is 15.4. The van der Waals surface area contributed by atoms with Gasteiger partial charge >= 0.3 is 6.09 Å². The molecule has 0 spiro atoms. The molecular formula is C15H17FN2O2. The Labute approximate surface area is 117 Å². The molecule has 0 saturated carbocycles. The van der Waals surface area contributed by atoms with Gasteiger partial charge < -0.3 is 9.64 Å². The molecule has 0 N–H and O–H groups in total.